The topological polar surface area (TPSA) is 66.0 Å². The van der Waals surface area contributed by atoms with E-state index in [1.165, 1.54) is 0 Å². The molecule has 0 bridgehead atoms. The molecule has 2 aromatic carbocycles. The molecule has 6 nitrogen and oxygen atoms in total. The first-order valence-corrected chi connectivity index (χ1v) is 8.12. The van der Waals surface area contributed by atoms with E-state index in [9.17, 15) is 4.79 Å². The maximum atomic E-state index is 12.4. The number of hydrogen-bond acceptors (Lipinski definition) is 5. The van der Waals surface area contributed by atoms with E-state index in [-0.39, 0.29) is 5.91 Å². The van der Waals surface area contributed by atoms with Crippen molar-refractivity contribution in [1.82, 2.24) is 5.32 Å². The fourth-order valence-corrected chi connectivity index (χ4v) is 2.54. The van der Waals surface area contributed by atoms with Gasteiger partial charge in [0.2, 0.25) is 0 Å². The van der Waals surface area contributed by atoms with Gasteiger partial charge >= 0.3 is 0 Å². The number of ether oxygens (including phenoxy) is 4. The fraction of sp³-hybridized carbons (Fsp3) is 0.316. The van der Waals surface area contributed by atoms with E-state index in [4.69, 9.17) is 18.9 Å². The molecule has 0 aromatic heterocycles. The second-order valence-electron chi connectivity index (χ2n) is 5.59. The zero-order valence-corrected chi connectivity index (χ0v) is 14.3. The van der Waals surface area contributed by atoms with Gasteiger partial charge in [0, 0.05) is 5.56 Å². The van der Waals surface area contributed by atoms with Crippen LogP contribution in [0.1, 0.15) is 15.9 Å². The minimum Gasteiger partial charge on any atom is -0.497 e. The average molecular weight is 343 g/mol. The molecule has 25 heavy (non-hydrogen) atoms. The molecule has 0 atom stereocenters. The van der Waals surface area contributed by atoms with Crippen LogP contribution in [-0.4, -0.2) is 39.4 Å². The smallest absolute Gasteiger partial charge is 0.251 e. The van der Waals surface area contributed by atoms with E-state index < -0.39 is 0 Å². The minimum absolute atomic E-state index is 0.159. The Morgan fingerprint density at radius 2 is 1.72 bits per heavy atom. The number of fused-ring (bicyclic) bond motifs is 1. The maximum absolute atomic E-state index is 12.4. The first-order valence-electron chi connectivity index (χ1n) is 8.12. The van der Waals surface area contributed by atoms with Crippen molar-refractivity contribution in [3.63, 3.8) is 0 Å². The largest absolute Gasteiger partial charge is 0.497 e. The highest BCUT2D eigenvalue weighted by Crippen LogP contribution is 2.32. The second kappa shape index (κ2) is 7.79. The van der Waals surface area contributed by atoms with Crippen molar-refractivity contribution >= 4 is 5.91 Å². The van der Waals surface area contributed by atoms with Crippen molar-refractivity contribution in [2.75, 3.05) is 33.5 Å². The third-order valence-corrected chi connectivity index (χ3v) is 3.85. The molecule has 1 amide bonds. The van der Waals surface area contributed by atoms with E-state index in [0.717, 1.165) is 17.1 Å². The first kappa shape index (κ1) is 17.0. The van der Waals surface area contributed by atoms with Gasteiger partial charge in [0.25, 0.3) is 5.91 Å². The fourth-order valence-electron chi connectivity index (χ4n) is 2.54. The summed E-state index contributed by atoms with van der Waals surface area (Å²) in [5, 5.41) is 2.85. The van der Waals surface area contributed by atoms with Crippen LogP contribution in [0.25, 0.3) is 0 Å². The lowest BCUT2D eigenvalue weighted by Gasteiger charge is -2.20. The Kier molecular flexibility index (Phi) is 5.28. The number of methoxy groups -OCH3 is 1. The number of hydrogen-bond donors (Lipinski definition) is 1. The molecule has 0 radical (unpaired) electrons. The van der Waals surface area contributed by atoms with Gasteiger partial charge in [-0.2, -0.15) is 0 Å². The zero-order chi connectivity index (χ0) is 17.6. The summed E-state index contributed by atoms with van der Waals surface area (Å²) in [6.07, 6.45) is 0. The Morgan fingerprint density at radius 1 is 1.08 bits per heavy atom. The number of nitrogens with one attached hydrogen (secondary N) is 1. The summed E-state index contributed by atoms with van der Waals surface area (Å²) in [6.45, 7) is 3.68. The first-order chi connectivity index (χ1) is 12.2. The lowest BCUT2D eigenvalue weighted by atomic mass is 10.1. The summed E-state index contributed by atoms with van der Waals surface area (Å²) in [7, 11) is 1.62. The van der Waals surface area contributed by atoms with Gasteiger partial charge in [0.05, 0.1) is 13.7 Å². The number of carbonyl (C=O) groups excluding carboxylic acids is 1. The van der Waals surface area contributed by atoms with Crippen molar-refractivity contribution in [1.29, 1.82) is 0 Å². The van der Waals surface area contributed by atoms with E-state index in [0.29, 0.717) is 43.4 Å². The van der Waals surface area contributed by atoms with Crippen molar-refractivity contribution in [3.8, 4) is 23.0 Å². The van der Waals surface area contributed by atoms with Crippen LogP contribution in [0.4, 0.5) is 0 Å². The molecule has 6 heteroatoms. The Labute approximate surface area is 146 Å². The lowest BCUT2D eigenvalue weighted by Crippen LogP contribution is -2.29. The SMILES string of the molecule is COc1ccc(OCCNC(=O)c2cc3c(cc2C)OCCO3)cc1. The molecular formula is C19H21NO5. The molecule has 1 N–H and O–H groups in total. The number of aryl methyl sites for hydroxylation is 1. The minimum atomic E-state index is -0.159. The number of amides is 1. The number of carbonyl (C=O) groups is 1. The van der Waals surface area contributed by atoms with Crippen LogP contribution in [0.3, 0.4) is 0 Å². The highest BCUT2D eigenvalue weighted by Gasteiger charge is 2.17. The molecule has 1 aliphatic rings. The van der Waals surface area contributed by atoms with E-state index in [1.54, 1.807) is 13.2 Å². The monoisotopic (exact) mass is 343 g/mol. The van der Waals surface area contributed by atoms with Gasteiger partial charge in [-0.25, -0.2) is 0 Å². The normalized spacial score (nSPS) is 12.4. The number of rotatable bonds is 6. The summed E-state index contributed by atoms with van der Waals surface area (Å²) < 4.78 is 21.7. The Morgan fingerprint density at radius 3 is 2.40 bits per heavy atom. The highest BCUT2D eigenvalue weighted by molar-refractivity contribution is 5.96. The lowest BCUT2D eigenvalue weighted by molar-refractivity contribution is 0.0945. The quantitative estimate of drug-likeness (QED) is 0.817. The van der Waals surface area contributed by atoms with Gasteiger partial charge in [-0.05, 0) is 48.9 Å². The molecule has 1 heterocycles. The van der Waals surface area contributed by atoms with Crippen molar-refractivity contribution in [3.05, 3.63) is 47.5 Å². The predicted molar refractivity (Wildman–Crippen MR) is 93.0 cm³/mol. The molecular weight excluding hydrogens is 322 g/mol. The molecule has 0 aliphatic carbocycles. The van der Waals surface area contributed by atoms with Gasteiger partial charge in [-0.1, -0.05) is 0 Å². The summed E-state index contributed by atoms with van der Waals surface area (Å²) in [6, 6.07) is 10.9. The van der Waals surface area contributed by atoms with Gasteiger partial charge in [-0.15, -0.1) is 0 Å². The molecule has 3 rings (SSSR count). The Balaban J connectivity index is 1.52. The average Bonchev–Trinajstić information content (AvgIpc) is 2.65. The van der Waals surface area contributed by atoms with Crippen LogP contribution in [0.5, 0.6) is 23.0 Å². The Bertz CT molecular complexity index is 742. The van der Waals surface area contributed by atoms with Crippen LogP contribution in [0, 0.1) is 6.92 Å². The van der Waals surface area contributed by atoms with E-state index in [2.05, 4.69) is 5.32 Å². The summed E-state index contributed by atoms with van der Waals surface area (Å²) in [4.78, 5) is 12.4. The van der Waals surface area contributed by atoms with Gasteiger partial charge in [0.15, 0.2) is 11.5 Å². The van der Waals surface area contributed by atoms with Crippen molar-refractivity contribution in [2.24, 2.45) is 0 Å². The van der Waals surface area contributed by atoms with Crippen LogP contribution >= 0.6 is 0 Å². The second-order valence-corrected chi connectivity index (χ2v) is 5.59. The van der Waals surface area contributed by atoms with Crippen LogP contribution < -0.4 is 24.3 Å². The summed E-state index contributed by atoms with van der Waals surface area (Å²) >= 11 is 0. The molecule has 0 saturated carbocycles. The van der Waals surface area contributed by atoms with Gasteiger partial charge < -0.3 is 24.3 Å². The third-order valence-electron chi connectivity index (χ3n) is 3.85. The van der Waals surface area contributed by atoms with E-state index >= 15 is 0 Å². The van der Waals surface area contributed by atoms with Crippen molar-refractivity contribution < 1.29 is 23.7 Å². The van der Waals surface area contributed by atoms with E-state index in [1.807, 2.05) is 37.3 Å². The third kappa shape index (κ3) is 4.15. The molecule has 1 aliphatic heterocycles. The van der Waals surface area contributed by atoms with Crippen molar-refractivity contribution in [2.45, 2.75) is 6.92 Å². The molecule has 0 fully saturated rings. The van der Waals surface area contributed by atoms with Crippen LogP contribution in [0.2, 0.25) is 0 Å². The van der Waals surface area contributed by atoms with Gasteiger partial charge in [0.1, 0.15) is 31.3 Å². The van der Waals surface area contributed by atoms with Crippen LogP contribution in [-0.2, 0) is 0 Å². The zero-order valence-electron chi connectivity index (χ0n) is 14.3. The summed E-state index contributed by atoms with van der Waals surface area (Å²) in [5.41, 5.74) is 1.42. The number of benzene rings is 2. The molecule has 0 saturated heterocycles. The summed E-state index contributed by atoms with van der Waals surface area (Å²) in [5.74, 6) is 2.63. The van der Waals surface area contributed by atoms with Gasteiger partial charge in [-0.3, -0.25) is 4.79 Å². The van der Waals surface area contributed by atoms with Crippen LogP contribution in [0.15, 0.2) is 36.4 Å². The molecule has 0 unspecified atom stereocenters. The molecule has 2 aromatic rings. The molecule has 0 spiro atoms. The standard InChI is InChI=1S/C19H21NO5/c1-13-11-17-18(25-10-9-24-17)12-16(13)19(21)20-7-8-23-15-5-3-14(22-2)4-6-15/h3-6,11-12H,7-10H2,1-2H3,(H,20,21). The maximum Gasteiger partial charge on any atom is 0.251 e. The Hall–Kier alpha value is -2.89. The highest BCUT2D eigenvalue weighted by atomic mass is 16.6. The predicted octanol–water partition coefficient (Wildman–Crippen LogP) is 2.58. The molecule has 132 valence electrons.